The highest BCUT2D eigenvalue weighted by Gasteiger charge is 2.46. The van der Waals surface area contributed by atoms with Crippen molar-refractivity contribution in [1.29, 1.82) is 0 Å². The predicted octanol–water partition coefficient (Wildman–Crippen LogP) is 1.09. The summed E-state index contributed by atoms with van der Waals surface area (Å²) in [4.78, 5) is 4.16. The molecule has 158 valence electrons. The highest BCUT2D eigenvalue weighted by molar-refractivity contribution is 5.86. The predicted molar refractivity (Wildman–Crippen MR) is 111 cm³/mol. The third-order valence-electron chi connectivity index (χ3n) is 5.80. The first-order valence-electron chi connectivity index (χ1n) is 9.84. The monoisotopic (exact) mass is 411 g/mol. The Morgan fingerprint density at radius 1 is 0.933 bits per heavy atom. The summed E-state index contributed by atoms with van der Waals surface area (Å²) in [5, 5.41) is 52.6. The first-order chi connectivity index (χ1) is 14.4. The van der Waals surface area contributed by atoms with Crippen LogP contribution in [0.25, 0.3) is 21.9 Å². The number of aliphatic hydroxyl groups is 5. The van der Waals surface area contributed by atoms with Crippen molar-refractivity contribution in [2.75, 3.05) is 6.61 Å². The van der Waals surface area contributed by atoms with Crippen LogP contribution in [0.15, 0.2) is 54.9 Å². The summed E-state index contributed by atoms with van der Waals surface area (Å²) in [5.74, 6) is 0. The van der Waals surface area contributed by atoms with Gasteiger partial charge in [0.2, 0.25) is 0 Å². The van der Waals surface area contributed by atoms with E-state index in [0.717, 1.165) is 27.5 Å². The van der Waals surface area contributed by atoms with Crippen LogP contribution >= 0.6 is 0 Å². The zero-order valence-corrected chi connectivity index (χ0v) is 16.5. The molecule has 4 rings (SSSR count). The van der Waals surface area contributed by atoms with Gasteiger partial charge in [-0.3, -0.25) is 4.98 Å². The lowest BCUT2D eigenvalue weighted by atomic mass is 9.87. The molecule has 0 spiro atoms. The minimum absolute atomic E-state index is 0.533. The molecule has 2 heterocycles. The van der Waals surface area contributed by atoms with E-state index in [1.165, 1.54) is 0 Å². The fourth-order valence-corrected chi connectivity index (χ4v) is 4.02. The molecule has 1 fully saturated rings. The molecule has 3 aromatic rings. The number of aromatic nitrogens is 1. The fraction of sp³-hybridized carbons (Fsp3) is 0.348. The summed E-state index contributed by atoms with van der Waals surface area (Å²) in [6.45, 7) is 1.30. The van der Waals surface area contributed by atoms with E-state index in [1.807, 2.05) is 49.5 Å². The van der Waals surface area contributed by atoms with Crippen molar-refractivity contribution in [3.63, 3.8) is 0 Å². The molecule has 2 unspecified atom stereocenters. The van der Waals surface area contributed by atoms with Crippen molar-refractivity contribution in [1.82, 2.24) is 4.98 Å². The maximum absolute atomic E-state index is 10.8. The second kappa shape index (κ2) is 8.39. The molecule has 0 aliphatic carbocycles. The number of rotatable bonds is 4. The molecule has 5 N–H and O–H groups in total. The van der Waals surface area contributed by atoms with E-state index >= 15 is 0 Å². The van der Waals surface area contributed by atoms with Gasteiger partial charge in [0.15, 0.2) is 0 Å². The molecule has 7 nitrogen and oxygen atoms in total. The van der Waals surface area contributed by atoms with Gasteiger partial charge >= 0.3 is 0 Å². The Morgan fingerprint density at radius 2 is 1.67 bits per heavy atom. The molecule has 1 aliphatic heterocycles. The number of aliphatic hydroxyl groups excluding tert-OH is 5. The topological polar surface area (TPSA) is 123 Å². The molecule has 2 aromatic carbocycles. The van der Waals surface area contributed by atoms with E-state index in [2.05, 4.69) is 4.98 Å². The van der Waals surface area contributed by atoms with E-state index in [1.54, 1.807) is 12.3 Å². The SMILES string of the molecule is Cc1cc(-c2ccc3ccncc3c2)ccc1[C@@H](O)[C@H]1O[C@H](CO)[C@@H](O)C(O)C1O. The highest BCUT2D eigenvalue weighted by atomic mass is 16.6. The van der Waals surface area contributed by atoms with Gasteiger partial charge in [-0.2, -0.15) is 0 Å². The van der Waals surface area contributed by atoms with Gasteiger partial charge in [-0.05, 0) is 46.7 Å². The molecule has 0 saturated carbocycles. The molecule has 0 radical (unpaired) electrons. The molecular weight excluding hydrogens is 386 g/mol. The maximum atomic E-state index is 10.8. The van der Waals surface area contributed by atoms with E-state index in [-0.39, 0.29) is 0 Å². The van der Waals surface area contributed by atoms with Crippen molar-refractivity contribution in [2.45, 2.75) is 43.5 Å². The van der Waals surface area contributed by atoms with Crippen LogP contribution in [0, 0.1) is 6.92 Å². The standard InChI is InChI=1S/C23H25NO6/c1-12-8-14(15-3-2-13-6-7-24-10-16(13)9-15)4-5-17(12)19(26)23-22(29)21(28)20(27)18(11-25)30-23/h2-10,18-23,25-29H,11H2,1H3/t18-,19-,20-,21?,22?,23-/m1/s1. The first-order valence-corrected chi connectivity index (χ1v) is 9.84. The van der Waals surface area contributed by atoms with Crippen LogP contribution in [-0.2, 0) is 4.74 Å². The lowest BCUT2D eigenvalue weighted by molar-refractivity contribution is -0.250. The summed E-state index contributed by atoms with van der Waals surface area (Å²) in [6.07, 6.45) is -4.41. The van der Waals surface area contributed by atoms with Gasteiger partial charge in [0.05, 0.1) is 6.61 Å². The summed E-state index contributed by atoms with van der Waals surface area (Å²) in [7, 11) is 0. The van der Waals surface area contributed by atoms with Crippen LogP contribution in [0.2, 0.25) is 0 Å². The zero-order chi connectivity index (χ0) is 21.4. The Labute approximate surface area is 173 Å². The Hall–Kier alpha value is -2.39. The van der Waals surface area contributed by atoms with Gasteiger partial charge in [0, 0.05) is 17.8 Å². The first kappa shape index (κ1) is 20.9. The quantitative estimate of drug-likeness (QED) is 0.435. The minimum atomic E-state index is -1.53. The van der Waals surface area contributed by atoms with Gasteiger partial charge in [0.25, 0.3) is 0 Å². The third-order valence-corrected chi connectivity index (χ3v) is 5.80. The molecule has 0 bridgehead atoms. The highest BCUT2D eigenvalue weighted by Crippen LogP contribution is 2.33. The molecule has 1 aromatic heterocycles. The van der Waals surface area contributed by atoms with Crippen molar-refractivity contribution in [3.05, 3.63) is 66.0 Å². The second-order valence-electron chi connectivity index (χ2n) is 7.75. The number of aryl methyl sites for hydroxylation is 1. The van der Waals surface area contributed by atoms with Gasteiger partial charge in [0.1, 0.15) is 36.6 Å². The molecule has 6 atom stereocenters. The molecular formula is C23H25NO6. The van der Waals surface area contributed by atoms with Gasteiger partial charge in [-0.25, -0.2) is 0 Å². The lowest BCUT2D eigenvalue weighted by Crippen LogP contribution is -2.59. The van der Waals surface area contributed by atoms with E-state index in [4.69, 9.17) is 4.74 Å². The number of hydrogen-bond donors (Lipinski definition) is 5. The van der Waals surface area contributed by atoms with Crippen molar-refractivity contribution < 1.29 is 30.3 Å². The smallest absolute Gasteiger partial charge is 0.117 e. The third kappa shape index (κ3) is 3.72. The summed E-state index contributed by atoms with van der Waals surface area (Å²) >= 11 is 0. The summed E-state index contributed by atoms with van der Waals surface area (Å²) in [6, 6.07) is 13.6. The van der Waals surface area contributed by atoms with E-state index in [0.29, 0.717) is 5.56 Å². The van der Waals surface area contributed by atoms with Crippen LogP contribution in [0.1, 0.15) is 17.2 Å². The second-order valence-corrected chi connectivity index (χ2v) is 7.75. The summed E-state index contributed by atoms with van der Waals surface area (Å²) in [5.41, 5.74) is 3.28. The van der Waals surface area contributed by atoms with Crippen molar-refractivity contribution in [3.8, 4) is 11.1 Å². The summed E-state index contributed by atoms with van der Waals surface area (Å²) < 4.78 is 5.50. The lowest BCUT2D eigenvalue weighted by Gasteiger charge is -2.42. The van der Waals surface area contributed by atoms with Gasteiger partial charge in [-0.15, -0.1) is 0 Å². The number of hydrogen-bond acceptors (Lipinski definition) is 7. The molecule has 1 saturated heterocycles. The average Bonchev–Trinajstić information content (AvgIpc) is 2.77. The molecule has 30 heavy (non-hydrogen) atoms. The maximum Gasteiger partial charge on any atom is 0.117 e. The van der Waals surface area contributed by atoms with Crippen LogP contribution in [0.5, 0.6) is 0 Å². The number of ether oxygens (including phenoxy) is 1. The van der Waals surface area contributed by atoms with Crippen molar-refractivity contribution in [2.24, 2.45) is 0 Å². The molecule has 0 amide bonds. The van der Waals surface area contributed by atoms with Gasteiger partial charge in [-0.1, -0.05) is 30.3 Å². The largest absolute Gasteiger partial charge is 0.394 e. The number of benzene rings is 2. The van der Waals surface area contributed by atoms with Gasteiger partial charge < -0.3 is 30.3 Å². The average molecular weight is 411 g/mol. The number of pyridine rings is 1. The molecule has 1 aliphatic rings. The van der Waals surface area contributed by atoms with Crippen LogP contribution in [0.3, 0.4) is 0 Å². The van der Waals surface area contributed by atoms with Crippen LogP contribution < -0.4 is 0 Å². The normalized spacial score (nSPS) is 27.9. The Kier molecular flexibility index (Phi) is 5.84. The zero-order valence-electron chi connectivity index (χ0n) is 16.5. The fourth-order valence-electron chi connectivity index (χ4n) is 4.02. The number of nitrogens with zero attached hydrogens (tertiary/aromatic N) is 1. The van der Waals surface area contributed by atoms with Crippen molar-refractivity contribution >= 4 is 10.8 Å². The Bertz CT molecular complexity index is 1040. The minimum Gasteiger partial charge on any atom is -0.394 e. The molecule has 7 heteroatoms. The van der Waals surface area contributed by atoms with Crippen LogP contribution in [0.4, 0.5) is 0 Å². The Morgan fingerprint density at radius 3 is 2.40 bits per heavy atom. The van der Waals surface area contributed by atoms with E-state index in [9.17, 15) is 25.5 Å². The van der Waals surface area contributed by atoms with E-state index < -0.39 is 43.2 Å². The number of fused-ring (bicyclic) bond motifs is 1. The van der Waals surface area contributed by atoms with Crippen LogP contribution in [-0.4, -0.2) is 67.6 Å². The Balaban J connectivity index is 1.62.